The fourth-order valence-electron chi connectivity index (χ4n) is 2.31. The van der Waals surface area contributed by atoms with E-state index in [0.717, 1.165) is 18.8 Å². The van der Waals surface area contributed by atoms with Crippen LogP contribution in [0.1, 0.15) is 30.6 Å². The molecule has 0 aromatic heterocycles. The summed E-state index contributed by atoms with van der Waals surface area (Å²) in [4.78, 5) is 0. The lowest BCUT2D eigenvalue weighted by atomic mass is 10.0. The SMILES string of the molecule is CC(c1ccc(OCC2CCCNC2)cc1)S(N)(=O)=O. The fraction of sp³-hybridized carbons (Fsp3) is 0.571. The Morgan fingerprint density at radius 2 is 2.10 bits per heavy atom. The molecule has 0 amide bonds. The van der Waals surface area contributed by atoms with Gasteiger partial charge in [0.2, 0.25) is 10.0 Å². The third kappa shape index (κ3) is 4.19. The summed E-state index contributed by atoms with van der Waals surface area (Å²) in [5, 5.41) is 7.80. The van der Waals surface area contributed by atoms with Gasteiger partial charge in [0.25, 0.3) is 0 Å². The third-order valence-corrected chi connectivity index (χ3v) is 4.98. The van der Waals surface area contributed by atoms with Crippen LogP contribution in [0.2, 0.25) is 0 Å². The van der Waals surface area contributed by atoms with E-state index < -0.39 is 15.3 Å². The minimum Gasteiger partial charge on any atom is -0.493 e. The first-order valence-electron chi connectivity index (χ1n) is 6.92. The summed E-state index contributed by atoms with van der Waals surface area (Å²) < 4.78 is 28.3. The predicted molar refractivity (Wildman–Crippen MR) is 79.1 cm³/mol. The number of hydrogen-bond donors (Lipinski definition) is 2. The van der Waals surface area contributed by atoms with Crippen molar-refractivity contribution < 1.29 is 13.2 Å². The first-order valence-corrected chi connectivity index (χ1v) is 8.53. The zero-order valence-electron chi connectivity index (χ0n) is 11.7. The van der Waals surface area contributed by atoms with E-state index in [1.165, 1.54) is 12.8 Å². The molecule has 6 heteroatoms. The van der Waals surface area contributed by atoms with E-state index >= 15 is 0 Å². The number of nitrogens with one attached hydrogen (secondary N) is 1. The largest absolute Gasteiger partial charge is 0.493 e. The van der Waals surface area contributed by atoms with Crippen LogP contribution in [0.5, 0.6) is 5.75 Å². The van der Waals surface area contributed by atoms with Crippen LogP contribution >= 0.6 is 0 Å². The van der Waals surface area contributed by atoms with Crippen molar-refractivity contribution in [3.8, 4) is 5.75 Å². The molecule has 0 aliphatic carbocycles. The molecule has 3 N–H and O–H groups in total. The molecular formula is C14H22N2O3S. The lowest BCUT2D eigenvalue weighted by Crippen LogP contribution is -2.33. The monoisotopic (exact) mass is 298 g/mol. The van der Waals surface area contributed by atoms with Crippen LogP contribution in [0, 0.1) is 5.92 Å². The first kappa shape index (κ1) is 15.3. The Morgan fingerprint density at radius 3 is 2.65 bits per heavy atom. The average Bonchev–Trinajstić information content (AvgIpc) is 2.45. The van der Waals surface area contributed by atoms with Gasteiger partial charge in [-0.05, 0) is 44.0 Å². The molecule has 5 nitrogen and oxygen atoms in total. The van der Waals surface area contributed by atoms with E-state index in [1.807, 2.05) is 0 Å². The van der Waals surface area contributed by atoms with Crippen molar-refractivity contribution >= 4 is 10.0 Å². The number of nitrogens with two attached hydrogens (primary N) is 1. The summed E-state index contributed by atoms with van der Waals surface area (Å²) in [5.74, 6) is 1.31. The van der Waals surface area contributed by atoms with Crippen LogP contribution in [-0.4, -0.2) is 28.1 Å². The Labute approximate surface area is 120 Å². The van der Waals surface area contributed by atoms with Crippen LogP contribution in [-0.2, 0) is 10.0 Å². The molecule has 0 spiro atoms. The van der Waals surface area contributed by atoms with Crippen molar-refractivity contribution in [1.82, 2.24) is 5.32 Å². The molecule has 2 atom stereocenters. The number of piperidine rings is 1. The molecule has 1 saturated heterocycles. The van der Waals surface area contributed by atoms with Gasteiger partial charge in [-0.15, -0.1) is 0 Å². The van der Waals surface area contributed by atoms with Crippen molar-refractivity contribution in [2.45, 2.75) is 25.0 Å². The molecule has 1 fully saturated rings. The molecule has 20 heavy (non-hydrogen) atoms. The molecule has 2 rings (SSSR count). The van der Waals surface area contributed by atoms with Gasteiger partial charge in [0.1, 0.15) is 5.75 Å². The molecule has 1 aromatic rings. The number of ether oxygens (including phenoxy) is 1. The Balaban J connectivity index is 1.91. The molecular weight excluding hydrogens is 276 g/mol. The topological polar surface area (TPSA) is 81.4 Å². The summed E-state index contributed by atoms with van der Waals surface area (Å²) in [6.07, 6.45) is 2.38. The van der Waals surface area contributed by atoms with Gasteiger partial charge in [-0.25, -0.2) is 13.6 Å². The zero-order valence-corrected chi connectivity index (χ0v) is 12.5. The minimum absolute atomic E-state index is 0.548. The normalized spacial score (nSPS) is 21.4. The van der Waals surface area contributed by atoms with E-state index in [-0.39, 0.29) is 0 Å². The van der Waals surface area contributed by atoms with Crippen LogP contribution in [0.3, 0.4) is 0 Å². The average molecular weight is 298 g/mol. The van der Waals surface area contributed by atoms with Gasteiger partial charge in [0, 0.05) is 12.5 Å². The van der Waals surface area contributed by atoms with Gasteiger partial charge in [0.05, 0.1) is 11.9 Å². The van der Waals surface area contributed by atoms with Crippen molar-refractivity contribution in [1.29, 1.82) is 0 Å². The lowest BCUT2D eigenvalue weighted by molar-refractivity contribution is 0.218. The Kier molecular flexibility index (Phi) is 5.01. The van der Waals surface area contributed by atoms with Gasteiger partial charge < -0.3 is 10.1 Å². The number of primary sulfonamides is 1. The second kappa shape index (κ2) is 6.56. The second-order valence-electron chi connectivity index (χ2n) is 5.32. The lowest BCUT2D eigenvalue weighted by Gasteiger charge is -2.22. The Morgan fingerprint density at radius 1 is 1.40 bits per heavy atom. The van der Waals surface area contributed by atoms with E-state index in [9.17, 15) is 8.42 Å². The Bertz CT molecular complexity index is 522. The molecule has 2 unspecified atom stereocenters. The van der Waals surface area contributed by atoms with Crippen molar-refractivity contribution in [3.05, 3.63) is 29.8 Å². The van der Waals surface area contributed by atoms with Gasteiger partial charge in [-0.1, -0.05) is 12.1 Å². The van der Waals surface area contributed by atoms with E-state index in [2.05, 4.69) is 5.32 Å². The van der Waals surface area contributed by atoms with Gasteiger partial charge in [0.15, 0.2) is 0 Å². The summed E-state index contributed by atoms with van der Waals surface area (Å²) in [5.41, 5.74) is 0.680. The van der Waals surface area contributed by atoms with Crippen molar-refractivity contribution in [2.24, 2.45) is 11.1 Å². The van der Waals surface area contributed by atoms with Crippen molar-refractivity contribution in [2.75, 3.05) is 19.7 Å². The van der Waals surface area contributed by atoms with E-state index in [1.54, 1.807) is 31.2 Å². The van der Waals surface area contributed by atoms with Crippen molar-refractivity contribution in [3.63, 3.8) is 0 Å². The molecule has 0 radical (unpaired) electrons. The fourth-order valence-corrected chi connectivity index (χ4v) is 2.84. The summed E-state index contributed by atoms with van der Waals surface area (Å²) in [6.45, 7) is 4.37. The van der Waals surface area contributed by atoms with Gasteiger partial charge >= 0.3 is 0 Å². The molecule has 1 heterocycles. The molecule has 1 aliphatic heterocycles. The summed E-state index contributed by atoms with van der Waals surface area (Å²) in [7, 11) is -3.55. The quantitative estimate of drug-likeness (QED) is 0.861. The molecule has 1 aromatic carbocycles. The molecule has 0 saturated carbocycles. The van der Waals surface area contributed by atoms with Crippen LogP contribution in [0.15, 0.2) is 24.3 Å². The number of rotatable bonds is 5. The summed E-state index contributed by atoms with van der Waals surface area (Å²) in [6, 6.07) is 7.10. The second-order valence-corrected chi connectivity index (χ2v) is 7.21. The standard InChI is InChI=1S/C14H22N2O3S/c1-11(20(15,17)18)13-4-6-14(7-5-13)19-10-12-3-2-8-16-9-12/h4-7,11-12,16H,2-3,8-10H2,1H3,(H2,15,17,18). The maximum atomic E-state index is 11.3. The number of sulfonamides is 1. The molecule has 1 aliphatic rings. The number of hydrogen-bond acceptors (Lipinski definition) is 4. The highest BCUT2D eigenvalue weighted by Crippen LogP contribution is 2.22. The van der Waals surface area contributed by atoms with E-state index in [0.29, 0.717) is 18.1 Å². The highest BCUT2D eigenvalue weighted by Gasteiger charge is 2.18. The van der Waals surface area contributed by atoms with Gasteiger partial charge in [-0.3, -0.25) is 0 Å². The van der Waals surface area contributed by atoms with Gasteiger partial charge in [-0.2, -0.15) is 0 Å². The maximum Gasteiger partial charge on any atom is 0.215 e. The van der Waals surface area contributed by atoms with Crippen LogP contribution in [0.4, 0.5) is 0 Å². The molecule has 112 valence electrons. The Hall–Kier alpha value is -1.11. The number of benzene rings is 1. The first-order chi connectivity index (χ1) is 9.47. The summed E-state index contributed by atoms with van der Waals surface area (Å²) >= 11 is 0. The highest BCUT2D eigenvalue weighted by molar-refractivity contribution is 7.89. The predicted octanol–water partition coefficient (Wildman–Crippen LogP) is 1.41. The van der Waals surface area contributed by atoms with Crippen LogP contribution in [0.25, 0.3) is 0 Å². The van der Waals surface area contributed by atoms with Crippen LogP contribution < -0.4 is 15.2 Å². The molecule has 0 bridgehead atoms. The minimum atomic E-state index is -3.55. The maximum absolute atomic E-state index is 11.3. The van der Waals surface area contributed by atoms with E-state index in [4.69, 9.17) is 9.88 Å². The third-order valence-electron chi connectivity index (χ3n) is 3.73. The smallest absolute Gasteiger partial charge is 0.215 e. The highest BCUT2D eigenvalue weighted by atomic mass is 32.2. The zero-order chi connectivity index (χ0) is 14.6.